The van der Waals surface area contributed by atoms with Crippen LogP contribution < -0.4 is 10.5 Å². The second kappa shape index (κ2) is 7.79. The number of hydrogen-bond acceptors (Lipinski definition) is 3. The molecule has 1 rings (SSSR count). The Morgan fingerprint density at radius 3 is 2.48 bits per heavy atom. The third kappa shape index (κ3) is 4.57. The third-order valence-corrected chi connectivity index (χ3v) is 6.05. The van der Waals surface area contributed by atoms with Crippen LogP contribution in [0.5, 0.6) is 0 Å². The molecule has 3 N–H and O–H groups in total. The van der Waals surface area contributed by atoms with E-state index in [4.69, 9.17) is 28.9 Å². The van der Waals surface area contributed by atoms with Crippen LogP contribution in [0.2, 0.25) is 10.0 Å². The fourth-order valence-corrected chi connectivity index (χ4v) is 4.58. The van der Waals surface area contributed by atoms with Crippen LogP contribution in [0.3, 0.4) is 0 Å². The Kier molecular flexibility index (Phi) is 6.94. The molecule has 0 amide bonds. The van der Waals surface area contributed by atoms with Crippen molar-refractivity contribution in [3.63, 3.8) is 0 Å². The minimum atomic E-state index is -3.75. The maximum Gasteiger partial charge on any atom is 0.242 e. The predicted molar refractivity (Wildman–Crippen MR) is 88.6 cm³/mol. The highest BCUT2D eigenvalue weighted by molar-refractivity contribution is 7.89. The highest BCUT2D eigenvalue weighted by Gasteiger charge is 2.26. The number of rotatable bonds is 7. The van der Waals surface area contributed by atoms with E-state index in [0.717, 1.165) is 12.8 Å². The molecule has 0 radical (unpaired) electrons. The Labute approximate surface area is 137 Å². The van der Waals surface area contributed by atoms with E-state index < -0.39 is 10.0 Å². The molecule has 120 valence electrons. The predicted octanol–water partition coefficient (Wildman–Crippen LogP) is 3.41. The van der Waals surface area contributed by atoms with Gasteiger partial charge in [-0.05, 0) is 37.5 Å². The van der Waals surface area contributed by atoms with Crippen molar-refractivity contribution in [3.8, 4) is 0 Å². The van der Waals surface area contributed by atoms with Gasteiger partial charge in [0, 0.05) is 17.6 Å². The van der Waals surface area contributed by atoms with Crippen molar-refractivity contribution in [1.82, 2.24) is 4.72 Å². The molecule has 21 heavy (non-hydrogen) atoms. The maximum atomic E-state index is 12.6. The van der Waals surface area contributed by atoms with E-state index in [0.29, 0.717) is 22.6 Å². The van der Waals surface area contributed by atoms with Gasteiger partial charge in [-0.15, -0.1) is 0 Å². The van der Waals surface area contributed by atoms with Crippen LogP contribution in [0.1, 0.15) is 37.3 Å². The smallest absolute Gasteiger partial charge is 0.242 e. The van der Waals surface area contributed by atoms with Crippen molar-refractivity contribution in [2.24, 2.45) is 5.73 Å². The summed E-state index contributed by atoms with van der Waals surface area (Å²) in [6, 6.07) is 1.36. The van der Waals surface area contributed by atoms with E-state index in [1.165, 1.54) is 0 Å². The zero-order valence-corrected chi connectivity index (χ0v) is 14.9. The molecule has 0 aliphatic heterocycles. The average molecular weight is 353 g/mol. The zero-order valence-electron chi connectivity index (χ0n) is 12.5. The van der Waals surface area contributed by atoms with E-state index in [-0.39, 0.29) is 22.5 Å². The molecular weight excluding hydrogens is 331 g/mol. The Balaban J connectivity index is 3.19. The monoisotopic (exact) mass is 352 g/mol. The average Bonchev–Trinajstić information content (AvgIpc) is 2.41. The molecule has 1 unspecified atom stereocenters. The lowest BCUT2D eigenvalue weighted by atomic mass is 10.1. The lowest BCUT2D eigenvalue weighted by Gasteiger charge is -2.19. The first-order chi connectivity index (χ1) is 9.74. The Hall–Kier alpha value is -0.330. The van der Waals surface area contributed by atoms with Gasteiger partial charge in [-0.1, -0.05) is 43.0 Å². The first-order valence-corrected chi connectivity index (χ1v) is 9.16. The summed E-state index contributed by atoms with van der Waals surface area (Å²) in [7, 11) is -3.75. The van der Waals surface area contributed by atoms with Gasteiger partial charge in [0.1, 0.15) is 4.90 Å². The number of aryl methyl sites for hydroxylation is 1. The summed E-state index contributed by atoms with van der Waals surface area (Å²) in [5.74, 6) is 0. The molecule has 4 nitrogen and oxygen atoms in total. The number of hydrogen-bond donors (Lipinski definition) is 2. The van der Waals surface area contributed by atoms with Gasteiger partial charge in [-0.25, -0.2) is 13.1 Å². The number of nitrogens with one attached hydrogen (secondary N) is 1. The number of unbranched alkanes of at least 4 members (excludes halogenated alkanes) is 1. The zero-order chi connectivity index (χ0) is 16.2. The van der Waals surface area contributed by atoms with Crippen LogP contribution in [-0.4, -0.2) is 21.0 Å². The minimum absolute atomic E-state index is 0.0455. The van der Waals surface area contributed by atoms with Crippen LogP contribution in [0.15, 0.2) is 11.0 Å². The summed E-state index contributed by atoms with van der Waals surface area (Å²) in [6.45, 7) is 5.66. The highest BCUT2D eigenvalue weighted by Crippen LogP contribution is 2.33. The number of nitrogens with two attached hydrogens (primary N) is 1. The van der Waals surface area contributed by atoms with Gasteiger partial charge in [0.25, 0.3) is 0 Å². The van der Waals surface area contributed by atoms with Gasteiger partial charge in [0.15, 0.2) is 0 Å². The Morgan fingerprint density at radius 2 is 1.95 bits per heavy atom. The molecule has 0 heterocycles. The van der Waals surface area contributed by atoms with Gasteiger partial charge in [-0.2, -0.15) is 0 Å². The summed E-state index contributed by atoms with van der Waals surface area (Å²) >= 11 is 12.3. The molecule has 1 aromatic rings. The van der Waals surface area contributed by atoms with Gasteiger partial charge in [-0.3, -0.25) is 0 Å². The van der Waals surface area contributed by atoms with Crippen molar-refractivity contribution >= 4 is 33.2 Å². The van der Waals surface area contributed by atoms with Crippen LogP contribution in [0.25, 0.3) is 0 Å². The summed E-state index contributed by atoms with van der Waals surface area (Å²) in [5.41, 5.74) is 6.73. The first-order valence-electron chi connectivity index (χ1n) is 6.92. The van der Waals surface area contributed by atoms with Gasteiger partial charge in [0.2, 0.25) is 10.0 Å². The van der Waals surface area contributed by atoms with Gasteiger partial charge < -0.3 is 5.73 Å². The third-order valence-electron chi connectivity index (χ3n) is 3.37. The van der Waals surface area contributed by atoms with Crippen molar-refractivity contribution in [1.29, 1.82) is 0 Å². The molecule has 0 aliphatic carbocycles. The SMILES string of the molecule is CCCCC(CN)NS(=O)(=O)c1c(C)c(Cl)cc(C)c1Cl. The summed E-state index contributed by atoms with van der Waals surface area (Å²) < 4.78 is 27.8. The van der Waals surface area contributed by atoms with Crippen molar-refractivity contribution in [3.05, 3.63) is 27.2 Å². The van der Waals surface area contributed by atoms with E-state index in [2.05, 4.69) is 4.72 Å². The molecule has 0 fully saturated rings. The number of halogens is 2. The molecular formula is C14H22Cl2N2O2S. The van der Waals surface area contributed by atoms with Crippen molar-refractivity contribution < 1.29 is 8.42 Å². The number of benzene rings is 1. The normalized spacial score (nSPS) is 13.4. The quantitative estimate of drug-likeness (QED) is 0.789. The molecule has 0 spiro atoms. The van der Waals surface area contributed by atoms with Crippen molar-refractivity contribution in [2.75, 3.05) is 6.54 Å². The molecule has 7 heteroatoms. The second-order valence-corrected chi connectivity index (χ2v) is 7.58. The van der Waals surface area contributed by atoms with E-state index >= 15 is 0 Å². The molecule has 1 atom stereocenters. The Morgan fingerprint density at radius 1 is 1.33 bits per heavy atom. The van der Waals surface area contributed by atoms with Gasteiger partial charge in [0.05, 0.1) is 5.02 Å². The largest absolute Gasteiger partial charge is 0.329 e. The summed E-state index contributed by atoms with van der Waals surface area (Å²) in [5, 5.41) is 0.589. The number of sulfonamides is 1. The maximum absolute atomic E-state index is 12.6. The molecule has 0 aromatic heterocycles. The molecule has 0 saturated carbocycles. The topological polar surface area (TPSA) is 72.2 Å². The molecule has 1 aromatic carbocycles. The standard InChI is InChI=1S/C14H22Cl2N2O2S/c1-4-5-6-11(8-17)18-21(19,20)14-10(3)12(15)7-9(2)13(14)16/h7,11,18H,4-6,8,17H2,1-3H3. The summed E-state index contributed by atoms with van der Waals surface area (Å²) in [6.07, 6.45) is 2.59. The van der Waals surface area contributed by atoms with Crippen LogP contribution in [0.4, 0.5) is 0 Å². The Bertz CT molecular complexity index is 577. The second-order valence-electron chi connectivity index (χ2n) is 5.14. The molecule has 0 bridgehead atoms. The lowest BCUT2D eigenvalue weighted by molar-refractivity contribution is 0.516. The summed E-state index contributed by atoms with van der Waals surface area (Å²) in [4.78, 5) is 0.0455. The first kappa shape index (κ1) is 18.7. The fourth-order valence-electron chi connectivity index (χ4n) is 2.09. The van der Waals surface area contributed by atoms with Crippen LogP contribution >= 0.6 is 23.2 Å². The lowest BCUT2D eigenvalue weighted by Crippen LogP contribution is -2.40. The van der Waals surface area contributed by atoms with Gasteiger partial charge >= 0.3 is 0 Å². The van der Waals surface area contributed by atoms with Crippen molar-refractivity contribution in [2.45, 2.75) is 51.0 Å². The molecule has 0 aliphatic rings. The van der Waals surface area contributed by atoms with Crippen LogP contribution in [0, 0.1) is 13.8 Å². The highest BCUT2D eigenvalue weighted by atomic mass is 35.5. The van der Waals surface area contributed by atoms with E-state index in [9.17, 15) is 8.42 Å². The van der Waals surface area contributed by atoms with E-state index in [1.807, 2.05) is 6.92 Å². The van der Waals surface area contributed by atoms with Crippen LogP contribution in [-0.2, 0) is 10.0 Å². The molecule has 0 saturated heterocycles. The van der Waals surface area contributed by atoms with E-state index in [1.54, 1.807) is 19.9 Å². The minimum Gasteiger partial charge on any atom is -0.329 e. The fraction of sp³-hybridized carbons (Fsp3) is 0.571.